The van der Waals surface area contributed by atoms with Crippen LogP contribution in [-0.2, 0) is 0 Å². The Morgan fingerprint density at radius 3 is 2.33 bits per heavy atom. The largest absolute Gasteiger partial charge is 0.316 e. The first-order valence-corrected chi connectivity index (χ1v) is 7.63. The maximum Gasteiger partial charge on any atom is 0.316 e. The second-order valence-electron chi connectivity index (χ2n) is 3.58. The minimum absolute atomic E-state index is 0.875. The summed E-state index contributed by atoms with van der Waals surface area (Å²) in [5, 5.41) is 0. The molecule has 12 heavy (non-hydrogen) atoms. The van der Waals surface area contributed by atoms with Crippen LogP contribution >= 0.6 is 0 Å². The molecule has 0 aliphatic rings. The van der Waals surface area contributed by atoms with Crippen LogP contribution in [0.4, 0.5) is 4.11 Å². The van der Waals surface area contributed by atoms with Gasteiger partial charge in [-0.15, -0.1) is 5.92 Å². The van der Waals surface area contributed by atoms with Gasteiger partial charge in [-0.05, 0) is 19.5 Å². The molecule has 0 bridgehead atoms. The molecule has 0 heterocycles. The number of hydrogen-bond acceptors (Lipinski definition) is 0. The average Bonchev–Trinajstić information content (AvgIpc) is 1.94. The summed E-state index contributed by atoms with van der Waals surface area (Å²) in [6, 6.07) is 0. The molecule has 0 rings (SSSR count). The van der Waals surface area contributed by atoms with Crippen molar-refractivity contribution in [3.8, 4) is 11.5 Å². The summed E-state index contributed by atoms with van der Waals surface area (Å²) in [5.74, 6) is 2.92. The topological polar surface area (TPSA) is 0 Å². The van der Waals surface area contributed by atoms with E-state index in [9.17, 15) is 4.11 Å². The smallest absolute Gasteiger partial charge is 0.298 e. The van der Waals surface area contributed by atoms with Crippen LogP contribution in [0.1, 0.15) is 39.0 Å². The first-order valence-electron chi connectivity index (χ1n) is 4.75. The second kappa shape index (κ2) is 6.25. The Kier molecular flexibility index (Phi) is 6.10. The van der Waals surface area contributed by atoms with Crippen LogP contribution in [0.15, 0.2) is 0 Å². The zero-order chi connectivity index (χ0) is 9.45. The van der Waals surface area contributed by atoms with Gasteiger partial charge in [0.25, 0.3) is 0 Å². The van der Waals surface area contributed by atoms with Gasteiger partial charge in [0.1, 0.15) is 0 Å². The van der Waals surface area contributed by atoms with Gasteiger partial charge >= 0.3 is 8.41 Å². The fourth-order valence-corrected chi connectivity index (χ4v) is 1.46. The van der Waals surface area contributed by atoms with Crippen molar-refractivity contribution in [1.29, 1.82) is 0 Å². The van der Waals surface area contributed by atoms with Crippen molar-refractivity contribution in [2.75, 3.05) is 0 Å². The molecule has 0 spiro atoms. The maximum atomic E-state index is 12.9. The van der Waals surface area contributed by atoms with Gasteiger partial charge in [0.2, 0.25) is 0 Å². The second-order valence-corrected chi connectivity index (χ2v) is 6.78. The summed E-state index contributed by atoms with van der Waals surface area (Å²) in [5.41, 5.74) is 2.72. The Morgan fingerprint density at radius 1 is 1.17 bits per heavy atom. The van der Waals surface area contributed by atoms with Gasteiger partial charge in [-0.1, -0.05) is 31.7 Å². The normalized spacial score (nSPS) is 10.7. The predicted octanol–water partition coefficient (Wildman–Crippen LogP) is 3.67. The number of hydrogen-bond donors (Lipinski definition) is 0. The SMILES string of the molecule is CCCCCCC#C[Si](C)(C)F. The average molecular weight is 186 g/mol. The van der Waals surface area contributed by atoms with E-state index in [1.165, 1.54) is 19.3 Å². The molecule has 0 atom stereocenters. The zero-order valence-corrected chi connectivity index (χ0v) is 9.41. The molecule has 0 saturated carbocycles. The van der Waals surface area contributed by atoms with E-state index in [0.29, 0.717) is 0 Å². The van der Waals surface area contributed by atoms with E-state index in [1.807, 2.05) is 0 Å². The van der Waals surface area contributed by atoms with E-state index in [0.717, 1.165) is 12.8 Å². The summed E-state index contributed by atoms with van der Waals surface area (Å²) in [6.07, 6.45) is 5.76. The molecule has 2 heteroatoms. The van der Waals surface area contributed by atoms with Crippen LogP contribution in [0, 0.1) is 11.5 Å². The maximum absolute atomic E-state index is 12.9. The highest BCUT2D eigenvalue weighted by Crippen LogP contribution is 2.03. The molecule has 0 aromatic rings. The quantitative estimate of drug-likeness (QED) is 0.272. The summed E-state index contributed by atoms with van der Waals surface area (Å²) >= 11 is 0. The third-order valence-electron chi connectivity index (χ3n) is 1.54. The van der Waals surface area contributed by atoms with Crippen LogP contribution in [-0.4, -0.2) is 8.41 Å². The molecule has 70 valence electrons. The van der Waals surface area contributed by atoms with Crippen LogP contribution in [0.5, 0.6) is 0 Å². The monoisotopic (exact) mass is 186 g/mol. The lowest BCUT2D eigenvalue weighted by atomic mass is 10.2. The molecule has 0 nitrogen and oxygen atoms in total. The number of rotatable bonds is 4. The van der Waals surface area contributed by atoms with Gasteiger partial charge in [0.15, 0.2) is 0 Å². The summed E-state index contributed by atoms with van der Waals surface area (Å²) in [4.78, 5) is 0. The molecular weight excluding hydrogens is 167 g/mol. The molecule has 0 aromatic carbocycles. The lowest BCUT2D eigenvalue weighted by molar-refractivity contribution is 0.679. The Bertz CT molecular complexity index is 159. The molecule has 0 aromatic heterocycles. The highest BCUT2D eigenvalue weighted by molar-refractivity contribution is 6.78. The van der Waals surface area contributed by atoms with E-state index in [-0.39, 0.29) is 0 Å². The van der Waals surface area contributed by atoms with Crippen LogP contribution in [0.2, 0.25) is 13.1 Å². The van der Waals surface area contributed by atoms with E-state index in [4.69, 9.17) is 0 Å². The first kappa shape index (κ1) is 11.7. The molecule has 0 aliphatic heterocycles. The van der Waals surface area contributed by atoms with E-state index in [2.05, 4.69) is 18.4 Å². The predicted molar refractivity (Wildman–Crippen MR) is 55.1 cm³/mol. The van der Waals surface area contributed by atoms with Crippen molar-refractivity contribution < 1.29 is 4.11 Å². The van der Waals surface area contributed by atoms with Crippen molar-refractivity contribution in [3.05, 3.63) is 0 Å². The minimum Gasteiger partial charge on any atom is -0.298 e. The summed E-state index contributed by atoms with van der Waals surface area (Å²) in [7, 11) is -2.59. The van der Waals surface area contributed by atoms with Gasteiger partial charge < -0.3 is 0 Å². The number of halogens is 1. The number of unbranched alkanes of at least 4 members (excludes halogenated alkanes) is 4. The van der Waals surface area contributed by atoms with Gasteiger partial charge in [0.05, 0.1) is 0 Å². The molecule has 0 aliphatic carbocycles. The van der Waals surface area contributed by atoms with Crippen LogP contribution in [0.25, 0.3) is 0 Å². The van der Waals surface area contributed by atoms with Crippen LogP contribution in [0.3, 0.4) is 0 Å². The van der Waals surface area contributed by atoms with Crippen molar-refractivity contribution in [3.63, 3.8) is 0 Å². The van der Waals surface area contributed by atoms with Crippen molar-refractivity contribution in [2.45, 2.75) is 52.1 Å². The molecular formula is C10H19FSi. The third-order valence-corrected chi connectivity index (χ3v) is 2.31. The molecule has 0 unspecified atom stereocenters. The lowest BCUT2D eigenvalue weighted by Gasteiger charge is -1.97. The van der Waals surface area contributed by atoms with Gasteiger partial charge in [0, 0.05) is 6.42 Å². The fraction of sp³-hybridized carbons (Fsp3) is 0.800. The molecule has 0 amide bonds. The van der Waals surface area contributed by atoms with E-state index in [1.54, 1.807) is 13.1 Å². The fourth-order valence-electron chi connectivity index (χ4n) is 0.913. The van der Waals surface area contributed by atoms with E-state index < -0.39 is 8.41 Å². The lowest BCUT2D eigenvalue weighted by Crippen LogP contribution is -2.14. The Labute approximate surface area is 76.7 Å². The van der Waals surface area contributed by atoms with Crippen molar-refractivity contribution in [1.82, 2.24) is 0 Å². The Morgan fingerprint density at radius 2 is 1.83 bits per heavy atom. The first-order chi connectivity index (χ1) is 5.56. The van der Waals surface area contributed by atoms with Crippen molar-refractivity contribution in [2.24, 2.45) is 0 Å². The van der Waals surface area contributed by atoms with Crippen molar-refractivity contribution >= 4 is 8.41 Å². The highest BCUT2D eigenvalue weighted by atomic mass is 28.4. The van der Waals surface area contributed by atoms with E-state index >= 15 is 0 Å². The third kappa shape index (κ3) is 9.71. The summed E-state index contributed by atoms with van der Waals surface area (Å²) < 4.78 is 12.9. The highest BCUT2D eigenvalue weighted by Gasteiger charge is 2.14. The van der Waals surface area contributed by atoms with Gasteiger partial charge in [-0.2, -0.15) is 0 Å². The Hall–Kier alpha value is -0.293. The zero-order valence-electron chi connectivity index (χ0n) is 8.41. The molecule has 0 fully saturated rings. The van der Waals surface area contributed by atoms with Crippen LogP contribution < -0.4 is 0 Å². The molecule has 0 radical (unpaired) electrons. The van der Waals surface area contributed by atoms with Gasteiger partial charge in [-0.25, -0.2) is 0 Å². The Balaban J connectivity index is 3.34. The molecule has 0 N–H and O–H groups in total. The standard InChI is InChI=1S/C10H19FSi/c1-4-5-6-7-8-9-10-12(2,3)11/h4-8H2,1-3H3. The minimum atomic E-state index is -2.59. The van der Waals surface area contributed by atoms with Gasteiger partial charge in [-0.3, -0.25) is 4.11 Å². The summed E-state index contributed by atoms with van der Waals surface area (Å²) in [6.45, 7) is 5.45. The molecule has 0 saturated heterocycles.